The Balaban J connectivity index is 1.73. The number of hydrogen-bond acceptors (Lipinski definition) is 3. The van der Waals surface area contributed by atoms with Crippen LogP contribution >= 0.6 is 0 Å². The fourth-order valence-electron chi connectivity index (χ4n) is 2.77. The number of ketones is 1. The third-order valence-corrected chi connectivity index (χ3v) is 3.98. The van der Waals surface area contributed by atoms with Crippen molar-refractivity contribution in [3.8, 4) is 0 Å². The normalized spacial score (nSPS) is 18.4. The van der Waals surface area contributed by atoms with Crippen LogP contribution in [0.3, 0.4) is 0 Å². The first-order valence-electron chi connectivity index (χ1n) is 7.25. The lowest BCUT2D eigenvalue weighted by Crippen LogP contribution is -2.29. The van der Waals surface area contributed by atoms with Crippen molar-refractivity contribution in [2.45, 2.75) is 51.1 Å². The summed E-state index contributed by atoms with van der Waals surface area (Å²) in [5, 5.41) is 3.45. The highest BCUT2D eigenvalue weighted by molar-refractivity contribution is 5.97. The van der Waals surface area contributed by atoms with Crippen molar-refractivity contribution in [2.24, 2.45) is 0 Å². The second-order valence-electron chi connectivity index (χ2n) is 5.54. The summed E-state index contributed by atoms with van der Waals surface area (Å²) in [5.74, 6) is 0.186. The maximum Gasteiger partial charge on any atom is 0.250 e. The fraction of sp³-hybridized carbons (Fsp3) is 0.600. The Bertz CT molecular complexity index is 544. The molecule has 0 unspecified atom stereocenters. The van der Waals surface area contributed by atoms with Gasteiger partial charge in [0.2, 0.25) is 0 Å². The molecule has 1 N–H and O–H groups in total. The molecule has 2 aliphatic rings. The maximum absolute atomic E-state index is 12.0. The van der Waals surface area contributed by atoms with Gasteiger partial charge in [-0.05, 0) is 44.7 Å². The molecule has 3 rings (SSSR count). The molecule has 0 aromatic carbocycles. The summed E-state index contributed by atoms with van der Waals surface area (Å²) < 4.78 is 1.81. The molecular weight excluding hydrogens is 240 g/mol. The molecule has 0 amide bonds. The standard InChI is InChI=1S/C15H20N2O2/c18-14-4-1-3-13-12(14)7-8-15(19)17(13)10-2-9-16-11-5-6-11/h7-8,11,16H,1-6,9-10H2. The molecule has 0 saturated heterocycles. The number of carbonyl (C=O) groups excluding carboxylic acids is 1. The van der Waals surface area contributed by atoms with Crippen molar-refractivity contribution in [1.82, 2.24) is 9.88 Å². The van der Waals surface area contributed by atoms with Crippen molar-refractivity contribution < 1.29 is 4.79 Å². The molecule has 102 valence electrons. The summed E-state index contributed by atoms with van der Waals surface area (Å²) in [6.45, 7) is 1.67. The van der Waals surface area contributed by atoms with Crippen LogP contribution in [-0.2, 0) is 13.0 Å². The van der Waals surface area contributed by atoms with E-state index in [2.05, 4.69) is 5.32 Å². The number of pyridine rings is 1. The van der Waals surface area contributed by atoms with E-state index in [-0.39, 0.29) is 11.3 Å². The number of hydrogen-bond donors (Lipinski definition) is 1. The van der Waals surface area contributed by atoms with E-state index in [1.54, 1.807) is 10.6 Å². The second-order valence-corrected chi connectivity index (χ2v) is 5.54. The summed E-state index contributed by atoms with van der Waals surface area (Å²) in [5.41, 5.74) is 1.75. The van der Waals surface area contributed by atoms with Gasteiger partial charge in [0, 0.05) is 36.3 Å². The highest BCUT2D eigenvalue weighted by Gasteiger charge is 2.21. The average molecular weight is 260 g/mol. The van der Waals surface area contributed by atoms with E-state index < -0.39 is 0 Å². The minimum Gasteiger partial charge on any atom is -0.314 e. The lowest BCUT2D eigenvalue weighted by molar-refractivity contribution is 0.0970. The molecule has 4 nitrogen and oxygen atoms in total. The largest absolute Gasteiger partial charge is 0.314 e. The Morgan fingerprint density at radius 2 is 2.05 bits per heavy atom. The third kappa shape index (κ3) is 2.78. The van der Waals surface area contributed by atoms with Gasteiger partial charge < -0.3 is 9.88 Å². The predicted molar refractivity (Wildman–Crippen MR) is 73.6 cm³/mol. The van der Waals surface area contributed by atoms with Crippen LogP contribution in [0.15, 0.2) is 16.9 Å². The molecule has 0 bridgehead atoms. The first kappa shape index (κ1) is 12.6. The van der Waals surface area contributed by atoms with Crippen molar-refractivity contribution in [3.63, 3.8) is 0 Å². The van der Waals surface area contributed by atoms with Crippen LogP contribution in [0.4, 0.5) is 0 Å². The SMILES string of the molecule is O=C1CCCc2c1ccc(=O)n2CCCNC1CC1. The molecule has 1 heterocycles. The van der Waals surface area contributed by atoms with Gasteiger partial charge in [0.15, 0.2) is 5.78 Å². The molecule has 0 atom stereocenters. The zero-order valence-corrected chi connectivity index (χ0v) is 11.2. The predicted octanol–water partition coefficient (Wildman–Crippen LogP) is 1.51. The number of aromatic nitrogens is 1. The van der Waals surface area contributed by atoms with E-state index in [4.69, 9.17) is 0 Å². The van der Waals surface area contributed by atoms with Crippen LogP contribution in [0, 0.1) is 0 Å². The Morgan fingerprint density at radius 1 is 1.21 bits per heavy atom. The smallest absolute Gasteiger partial charge is 0.250 e. The van der Waals surface area contributed by atoms with Crippen LogP contribution in [0.5, 0.6) is 0 Å². The van der Waals surface area contributed by atoms with Gasteiger partial charge in [0.05, 0.1) is 0 Å². The highest BCUT2D eigenvalue weighted by Crippen LogP contribution is 2.20. The van der Waals surface area contributed by atoms with Crippen molar-refractivity contribution in [2.75, 3.05) is 6.54 Å². The number of nitrogens with zero attached hydrogens (tertiary/aromatic N) is 1. The van der Waals surface area contributed by atoms with Gasteiger partial charge in [-0.2, -0.15) is 0 Å². The Kier molecular flexibility index (Phi) is 3.51. The number of nitrogens with one attached hydrogen (secondary N) is 1. The summed E-state index contributed by atoms with van der Waals surface area (Å²) in [7, 11) is 0. The Hall–Kier alpha value is -1.42. The summed E-state index contributed by atoms with van der Waals surface area (Å²) in [6, 6.07) is 3.96. The van der Waals surface area contributed by atoms with Gasteiger partial charge in [-0.15, -0.1) is 0 Å². The van der Waals surface area contributed by atoms with Crippen LogP contribution in [0.2, 0.25) is 0 Å². The Morgan fingerprint density at radius 3 is 2.84 bits per heavy atom. The number of rotatable bonds is 5. The highest BCUT2D eigenvalue weighted by atomic mass is 16.1. The third-order valence-electron chi connectivity index (χ3n) is 3.98. The van der Waals surface area contributed by atoms with Crippen LogP contribution in [-0.4, -0.2) is 22.9 Å². The van der Waals surface area contributed by atoms with E-state index in [1.165, 1.54) is 18.9 Å². The number of fused-ring (bicyclic) bond motifs is 1. The molecule has 19 heavy (non-hydrogen) atoms. The Labute approximate surface area is 112 Å². The first-order valence-corrected chi connectivity index (χ1v) is 7.25. The zero-order valence-electron chi connectivity index (χ0n) is 11.2. The quantitative estimate of drug-likeness (QED) is 0.816. The number of carbonyl (C=O) groups is 1. The minimum atomic E-state index is 0.0277. The van der Waals surface area contributed by atoms with E-state index in [9.17, 15) is 9.59 Å². The van der Waals surface area contributed by atoms with Gasteiger partial charge in [-0.1, -0.05) is 0 Å². The van der Waals surface area contributed by atoms with E-state index >= 15 is 0 Å². The van der Waals surface area contributed by atoms with Crippen molar-refractivity contribution in [1.29, 1.82) is 0 Å². The van der Waals surface area contributed by atoms with Gasteiger partial charge >= 0.3 is 0 Å². The molecule has 0 spiro atoms. The lowest BCUT2D eigenvalue weighted by Gasteiger charge is -2.20. The monoisotopic (exact) mass is 260 g/mol. The summed E-state index contributed by atoms with van der Waals surface area (Å²) in [4.78, 5) is 23.8. The molecule has 1 saturated carbocycles. The van der Waals surface area contributed by atoms with Crippen molar-refractivity contribution in [3.05, 3.63) is 33.7 Å². The van der Waals surface area contributed by atoms with Gasteiger partial charge in [-0.25, -0.2) is 0 Å². The lowest BCUT2D eigenvalue weighted by atomic mass is 9.94. The molecule has 0 radical (unpaired) electrons. The molecule has 1 aromatic rings. The van der Waals surface area contributed by atoms with Gasteiger partial charge in [0.25, 0.3) is 5.56 Å². The minimum absolute atomic E-state index is 0.0277. The van der Waals surface area contributed by atoms with Gasteiger partial charge in [-0.3, -0.25) is 9.59 Å². The van der Waals surface area contributed by atoms with Crippen molar-refractivity contribution >= 4 is 5.78 Å². The topological polar surface area (TPSA) is 51.1 Å². The van der Waals surface area contributed by atoms with E-state index in [1.807, 2.05) is 0 Å². The van der Waals surface area contributed by atoms with Crippen LogP contribution in [0.25, 0.3) is 0 Å². The van der Waals surface area contributed by atoms with E-state index in [0.717, 1.165) is 43.6 Å². The van der Waals surface area contributed by atoms with E-state index in [0.29, 0.717) is 12.5 Å². The molecular formula is C15H20N2O2. The van der Waals surface area contributed by atoms with Crippen LogP contribution < -0.4 is 10.9 Å². The summed E-state index contributed by atoms with van der Waals surface area (Å²) in [6.07, 6.45) is 5.86. The first-order chi connectivity index (χ1) is 9.25. The average Bonchev–Trinajstić information content (AvgIpc) is 3.21. The van der Waals surface area contributed by atoms with Gasteiger partial charge in [0.1, 0.15) is 0 Å². The summed E-state index contributed by atoms with van der Waals surface area (Å²) >= 11 is 0. The van der Waals surface area contributed by atoms with Crippen LogP contribution in [0.1, 0.15) is 48.2 Å². The molecule has 1 aromatic heterocycles. The molecule has 1 fully saturated rings. The maximum atomic E-state index is 12.0. The second kappa shape index (κ2) is 5.29. The fourth-order valence-corrected chi connectivity index (χ4v) is 2.77. The molecule has 0 aliphatic heterocycles. The molecule has 4 heteroatoms. The number of Topliss-reactive ketones (excluding diaryl/α,β-unsaturated/α-hetero) is 1. The molecule has 2 aliphatic carbocycles. The zero-order chi connectivity index (χ0) is 13.2.